The first-order valence-electron chi connectivity index (χ1n) is 16.7. The van der Waals surface area contributed by atoms with Crippen molar-refractivity contribution in [1.82, 2.24) is 31.7 Å². The van der Waals surface area contributed by atoms with Gasteiger partial charge in [-0.15, -0.1) is 0 Å². The predicted octanol–water partition coefficient (Wildman–Crippen LogP) is 1.37. The van der Waals surface area contributed by atoms with E-state index in [1.807, 2.05) is 36.5 Å². The molecule has 4 rings (SSSR count). The van der Waals surface area contributed by atoms with E-state index in [9.17, 15) is 34.4 Å². The lowest BCUT2D eigenvalue weighted by Crippen LogP contribution is -2.57. The normalized spacial score (nSPS) is 13.0. The van der Waals surface area contributed by atoms with Crippen molar-refractivity contribution in [1.29, 1.82) is 0 Å². The Morgan fingerprint density at radius 2 is 1.46 bits per heavy atom. The first-order valence-corrected chi connectivity index (χ1v) is 16.7. The van der Waals surface area contributed by atoms with Crippen molar-refractivity contribution >= 4 is 40.5 Å². The number of phenolic OH excluding ortho intramolecular Hbond substituents is 1. The molecule has 0 spiro atoms. The molecular formula is C36H43N9O7. The number of aliphatic imine (C=N–C) groups is 1. The third kappa shape index (κ3) is 12.2. The number of H-pyrrole nitrogens is 1. The van der Waals surface area contributed by atoms with Crippen LogP contribution in [0.25, 0.3) is 10.9 Å². The molecule has 0 aliphatic heterocycles. The van der Waals surface area contributed by atoms with Gasteiger partial charge in [-0.05, 0) is 54.2 Å². The summed E-state index contributed by atoms with van der Waals surface area (Å²) in [5, 5.41) is 31.6. The van der Waals surface area contributed by atoms with Gasteiger partial charge in [-0.1, -0.05) is 66.1 Å². The number of fused-ring (bicyclic) bond motifs is 1. The summed E-state index contributed by atoms with van der Waals surface area (Å²) in [6, 6.07) is 19.7. The lowest BCUT2D eigenvalue weighted by molar-refractivity contribution is -0.525. The lowest BCUT2D eigenvalue weighted by atomic mass is 10.0. The van der Waals surface area contributed by atoms with Gasteiger partial charge in [0, 0.05) is 50.0 Å². The predicted molar refractivity (Wildman–Crippen MR) is 194 cm³/mol. The summed E-state index contributed by atoms with van der Waals surface area (Å²) in [4.78, 5) is 71.0. The number of aromatic hydroxyl groups is 1. The van der Waals surface area contributed by atoms with E-state index in [1.54, 1.807) is 41.8 Å². The van der Waals surface area contributed by atoms with Crippen LogP contribution in [0.2, 0.25) is 0 Å². The average molecular weight is 714 g/mol. The SMILES string of the molecule is CC(=O)N[C@@H](Cc1ccc(O)cc1)C(=O)N[C@H](Cc1ccccc1)C(=O)N[C@@H](CCCN=C(N)N[N+](=O)[O-])C(=O)NCCc1c[nH]c2ccccc12. The number of benzene rings is 3. The van der Waals surface area contributed by atoms with Crippen molar-refractivity contribution in [2.45, 2.75) is 57.2 Å². The fourth-order valence-electron chi connectivity index (χ4n) is 5.60. The number of rotatable bonds is 18. The van der Waals surface area contributed by atoms with Gasteiger partial charge < -0.3 is 37.1 Å². The van der Waals surface area contributed by atoms with Crippen LogP contribution >= 0.6 is 0 Å². The second kappa shape index (κ2) is 19.1. The number of para-hydroxylation sites is 1. The first kappa shape index (κ1) is 38.4. The van der Waals surface area contributed by atoms with Gasteiger partial charge in [-0.25, -0.2) is 15.1 Å². The zero-order valence-electron chi connectivity index (χ0n) is 28.6. The van der Waals surface area contributed by atoms with Crippen LogP contribution in [-0.4, -0.2) is 75.9 Å². The molecule has 3 atom stereocenters. The minimum absolute atomic E-state index is 0.0293. The molecular weight excluding hydrogens is 670 g/mol. The third-order valence-electron chi connectivity index (χ3n) is 8.13. The van der Waals surface area contributed by atoms with E-state index >= 15 is 0 Å². The number of phenols is 1. The first-order chi connectivity index (χ1) is 25.0. The Balaban J connectivity index is 1.50. The van der Waals surface area contributed by atoms with Crippen molar-refractivity contribution in [3.05, 3.63) is 112 Å². The van der Waals surface area contributed by atoms with E-state index in [2.05, 4.69) is 31.2 Å². The molecule has 3 aromatic carbocycles. The van der Waals surface area contributed by atoms with Crippen LogP contribution in [-0.2, 0) is 38.4 Å². The zero-order chi connectivity index (χ0) is 37.5. The maximum atomic E-state index is 14.0. The molecule has 4 amide bonds. The zero-order valence-corrected chi connectivity index (χ0v) is 28.6. The number of nitro groups is 1. The van der Waals surface area contributed by atoms with Crippen LogP contribution in [0.15, 0.2) is 90.1 Å². The highest BCUT2D eigenvalue weighted by atomic mass is 16.7. The molecule has 0 aliphatic rings. The molecule has 16 heteroatoms. The molecule has 1 aromatic heterocycles. The van der Waals surface area contributed by atoms with Gasteiger partial charge in [0.15, 0.2) is 5.03 Å². The quantitative estimate of drug-likeness (QED) is 0.0244. The molecule has 0 aliphatic carbocycles. The molecule has 0 fully saturated rings. The van der Waals surface area contributed by atoms with E-state index < -0.39 is 52.7 Å². The van der Waals surface area contributed by atoms with Gasteiger partial charge in [-0.3, -0.25) is 19.2 Å². The molecule has 0 radical (unpaired) electrons. The molecule has 9 N–H and O–H groups in total. The Morgan fingerprint density at radius 3 is 2.13 bits per heavy atom. The maximum absolute atomic E-state index is 14.0. The minimum Gasteiger partial charge on any atom is -0.508 e. The summed E-state index contributed by atoms with van der Waals surface area (Å²) in [7, 11) is 0. The monoisotopic (exact) mass is 713 g/mol. The molecule has 274 valence electrons. The summed E-state index contributed by atoms with van der Waals surface area (Å²) in [6.45, 7) is 1.57. The van der Waals surface area contributed by atoms with Crippen LogP contribution in [0, 0.1) is 10.1 Å². The van der Waals surface area contributed by atoms with Crippen molar-refractivity contribution < 1.29 is 29.3 Å². The molecule has 52 heavy (non-hydrogen) atoms. The van der Waals surface area contributed by atoms with E-state index in [0.29, 0.717) is 12.0 Å². The largest absolute Gasteiger partial charge is 0.508 e. The van der Waals surface area contributed by atoms with Crippen LogP contribution in [0.4, 0.5) is 0 Å². The number of carbonyl (C=O) groups is 4. The molecule has 0 unspecified atom stereocenters. The highest BCUT2D eigenvalue weighted by Crippen LogP contribution is 2.18. The Hall–Kier alpha value is -6.45. The smallest absolute Gasteiger partial charge is 0.251 e. The van der Waals surface area contributed by atoms with E-state index in [1.165, 1.54) is 19.1 Å². The minimum atomic E-state index is -1.15. The van der Waals surface area contributed by atoms with Crippen molar-refractivity contribution in [3.8, 4) is 5.75 Å². The van der Waals surface area contributed by atoms with Gasteiger partial charge in [0.1, 0.15) is 23.9 Å². The summed E-state index contributed by atoms with van der Waals surface area (Å²) in [5.41, 5.74) is 10.7. The number of carbonyl (C=O) groups excluding carboxylic acids is 4. The summed E-state index contributed by atoms with van der Waals surface area (Å²) < 4.78 is 0. The highest BCUT2D eigenvalue weighted by Gasteiger charge is 2.30. The topological polar surface area (TPSA) is 246 Å². The number of guanidine groups is 1. The molecule has 0 bridgehead atoms. The maximum Gasteiger partial charge on any atom is 0.251 e. The van der Waals surface area contributed by atoms with Gasteiger partial charge in [0.2, 0.25) is 23.6 Å². The number of nitrogens with one attached hydrogen (secondary N) is 6. The number of hydrogen-bond donors (Lipinski definition) is 8. The lowest BCUT2D eigenvalue weighted by Gasteiger charge is -2.25. The van der Waals surface area contributed by atoms with Crippen LogP contribution in [0.1, 0.15) is 36.5 Å². The van der Waals surface area contributed by atoms with Crippen molar-refractivity contribution in [2.75, 3.05) is 13.1 Å². The molecule has 1 heterocycles. The standard InChI is InChI=1S/C36H43N9O7/c1-23(46)41-31(21-25-13-15-27(47)16-14-25)34(49)43-32(20-24-8-3-2-4-9-24)35(50)42-30(12-7-18-39-36(37)44-45(51)52)33(48)38-19-17-26-22-40-29-11-6-5-10-28(26)29/h2-6,8-11,13-16,22,30-32,40,47H,7,12,17-21H2,1H3,(H,38,48)(H,41,46)(H,42,50)(H,43,49)(H3,37,39,44)/t30-,31-,32+/m0/s1. The van der Waals surface area contributed by atoms with E-state index in [4.69, 9.17) is 5.73 Å². The second-order valence-electron chi connectivity index (χ2n) is 12.1. The Bertz CT molecular complexity index is 1860. The Morgan fingerprint density at radius 1 is 0.846 bits per heavy atom. The Kier molecular flexibility index (Phi) is 14.1. The molecule has 0 saturated heterocycles. The van der Waals surface area contributed by atoms with Gasteiger partial charge in [0.25, 0.3) is 5.96 Å². The van der Waals surface area contributed by atoms with Crippen molar-refractivity contribution in [2.24, 2.45) is 10.7 Å². The second-order valence-corrected chi connectivity index (χ2v) is 12.1. The van der Waals surface area contributed by atoms with E-state index in [-0.39, 0.29) is 44.5 Å². The fraction of sp³-hybridized carbons (Fsp3) is 0.306. The number of hydrogen-bond acceptors (Lipinski definition) is 8. The molecule has 4 aromatic rings. The summed E-state index contributed by atoms with van der Waals surface area (Å²) in [6.07, 6.45) is 2.88. The van der Waals surface area contributed by atoms with Gasteiger partial charge >= 0.3 is 0 Å². The number of aromatic nitrogens is 1. The number of hydrazine groups is 1. The number of amides is 4. The number of aromatic amines is 1. The third-order valence-corrected chi connectivity index (χ3v) is 8.13. The average Bonchev–Trinajstić information content (AvgIpc) is 3.52. The number of nitrogens with zero attached hydrogens (tertiary/aromatic N) is 2. The number of nitrogens with two attached hydrogens (primary N) is 1. The highest BCUT2D eigenvalue weighted by molar-refractivity contribution is 5.94. The molecule has 16 nitrogen and oxygen atoms in total. The summed E-state index contributed by atoms with van der Waals surface area (Å²) >= 11 is 0. The fourth-order valence-corrected chi connectivity index (χ4v) is 5.60. The van der Waals surface area contributed by atoms with Gasteiger partial charge in [0.05, 0.1) is 0 Å². The van der Waals surface area contributed by atoms with Crippen LogP contribution in [0.3, 0.4) is 0 Å². The van der Waals surface area contributed by atoms with Crippen molar-refractivity contribution in [3.63, 3.8) is 0 Å². The Labute approximate surface area is 299 Å². The van der Waals surface area contributed by atoms with Crippen LogP contribution < -0.4 is 32.4 Å². The van der Waals surface area contributed by atoms with Gasteiger partial charge in [-0.2, -0.15) is 0 Å². The molecule has 0 saturated carbocycles. The van der Waals surface area contributed by atoms with E-state index in [0.717, 1.165) is 22.0 Å². The van der Waals surface area contributed by atoms with Crippen LogP contribution in [0.5, 0.6) is 5.75 Å². The summed E-state index contributed by atoms with van der Waals surface area (Å²) in [5.74, 6) is -2.55.